The number of unbranched alkanes of at least 4 members (excludes halogenated alkanes) is 6. The van der Waals surface area contributed by atoms with Crippen LogP contribution in [0.15, 0.2) is 18.2 Å². The van der Waals surface area contributed by atoms with Gasteiger partial charge in [0.1, 0.15) is 5.75 Å². The zero-order valence-corrected chi connectivity index (χ0v) is 25.4. The van der Waals surface area contributed by atoms with E-state index >= 15 is 0 Å². The molecule has 2 unspecified atom stereocenters. The van der Waals surface area contributed by atoms with Gasteiger partial charge in [-0.3, -0.25) is 0 Å². The number of rotatable bonds is 14. The topological polar surface area (TPSA) is 40.5 Å². The van der Waals surface area contributed by atoms with Gasteiger partial charge in [-0.2, -0.15) is 32.4 Å². The zero-order chi connectivity index (χ0) is 29.8. The average molecular weight is 605 g/mol. The summed E-state index contributed by atoms with van der Waals surface area (Å²) < 4.78 is 62.9. The van der Waals surface area contributed by atoms with E-state index in [2.05, 4.69) is 18.9 Å². The molecule has 8 heteroatoms. The summed E-state index contributed by atoms with van der Waals surface area (Å²) in [5.41, 5.74) is 2.78. The molecule has 4 rings (SSSR count). The second-order valence-corrected chi connectivity index (χ2v) is 15.4. The van der Waals surface area contributed by atoms with Gasteiger partial charge in [0.15, 0.2) is 0 Å². The van der Waals surface area contributed by atoms with Crippen LogP contribution in [0.25, 0.3) is 0 Å². The molecular formula is C33H49F5O2S. The van der Waals surface area contributed by atoms with Gasteiger partial charge in [0.25, 0.3) is 0 Å². The summed E-state index contributed by atoms with van der Waals surface area (Å²) in [6, 6.07) is 5.96. The molecule has 7 atom stereocenters. The number of halogens is 5. The van der Waals surface area contributed by atoms with E-state index in [1.54, 1.807) is 0 Å². The highest BCUT2D eigenvalue weighted by molar-refractivity contribution is 8.14. The minimum Gasteiger partial charge on any atom is -0.508 e. The maximum Gasteiger partial charge on any atom is 0.453 e. The maximum absolute atomic E-state index is 13.0. The lowest BCUT2D eigenvalue weighted by atomic mass is 9.52. The molecule has 2 nitrogen and oxygen atoms in total. The molecule has 0 radical (unpaired) electrons. The van der Waals surface area contributed by atoms with Gasteiger partial charge in [0.05, 0.1) is 6.10 Å². The Morgan fingerprint density at radius 1 is 0.927 bits per heavy atom. The van der Waals surface area contributed by atoms with Crippen LogP contribution in [0, 0.1) is 23.2 Å². The number of benzene rings is 1. The van der Waals surface area contributed by atoms with Crippen molar-refractivity contribution in [3.05, 3.63) is 29.3 Å². The second kappa shape index (κ2) is 13.7. The number of hydrogen-bond acceptors (Lipinski definition) is 2. The average Bonchev–Trinajstić information content (AvgIpc) is 3.20. The fourth-order valence-corrected chi connectivity index (χ4v) is 9.74. The number of hydrogen-bond donors (Lipinski definition) is 2. The van der Waals surface area contributed by atoms with Gasteiger partial charge >= 0.3 is 12.1 Å². The van der Waals surface area contributed by atoms with E-state index in [1.807, 2.05) is 12.1 Å². The Morgan fingerprint density at radius 3 is 2.29 bits per heavy atom. The number of aliphatic hydroxyl groups excluding tert-OH is 1. The van der Waals surface area contributed by atoms with Crippen LogP contribution < -0.4 is 0 Å². The fourth-order valence-electron chi connectivity index (χ4n) is 8.37. The van der Waals surface area contributed by atoms with E-state index in [-0.39, 0.29) is 28.4 Å². The summed E-state index contributed by atoms with van der Waals surface area (Å²) in [6.45, 7) is 2.32. The highest BCUT2D eigenvalue weighted by Crippen LogP contribution is 2.62. The van der Waals surface area contributed by atoms with Crippen molar-refractivity contribution in [1.82, 2.24) is 0 Å². The lowest BCUT2D eigenvalue weighted by Gasteiger charge is -2.53. The Kier molecular flexibility index (Phi) is 10.9. The Hall–Kier alpha value is -1.15. The van der Waals surface area contributed by atoms with E-state index in [1.165, 1.54) is 36.8 Å². The van der Waals surface area contributed by atoms with E-state index < -0.39 is 18.5 Å². The van der Waals surface area contributed by atoms with Crippen LogP contribution in [0.3, 0.4) is 0 Å². The fraction of sp³-hybridized carbons (Fsp3) is 0.788. The summed E-state index contributed by atoms with van der Waals surface area (Å²) in [5, 5.41) is 21.0. The molecule has 234 valence electrons. The molecule has 1 aromatic rings. The highest BCUT2D eigenvalue weighted by Gasteiger charge is 2.57. The summed E-state index contributed by atoms with van der Waals surface area (Å²) >= 11 is 0. The molecule has 0 bridgehead atoms. The Balaban J connectivity index is 1.15. The summed E-state index contributed by atoms with van der Waals surface area (Å²) in [4.78, 5) is 0. The number of phenolic OH excluding ortho intramolecular Hbond substituents is 1. The van der Waals surface area contributed by atoms with Gasteiger partial charge in [-0.05, 0) is 115 Å². The lowest BCUT2D eigenvalue weighted by molar-refractivity contribution is -0.284. The minimum absolute atomic E-state index is 0.0373. The van der Waals surface area contributed by atoms with Gasteiger partial charge in [0, 0.05) is 6.42 Å². The molecule has 0 aliphatic heterocycles. The van der Waals surface area contributed by atoms with E-state index in [9.17, 15) is 32.2 Å². The van der Waals surface area contributed by atoms with Gasteiger partial charge in [0.2, 0.25) is 0 Å². The molecule has 41 heavy (non-hydrogen) atoms. The van der Waals surface area contributed by atoms with Crippen LogP contribution in [-0.2, 0) is 6.42 Å². The largest absolute Gasteiger partial charge is 0.508 e. The monoisotopic (exact) mass is 604 g/mol. The molecule has 0 spiro atoms. The van der Waals surface area contributed by atoms with Crippen LogP contribution in [0.5, 0.6) is 5.75 Å². The predicted octanol–water partition coefficient (Wildman–Crippen LogP) is 9.63. The van der Waals surface area contributed by atoms with Crippen molar-refractivity contribution in [3.8, 4) is 5.75 Å². The van der Waals surface area contributed by atoms with Gasteiger partial charge in [-0.15, -0.1) is 0 Å². The van der Waals surface area contributed by atoms with Crippen LogP contribution in [0.2, 0.25) is 0 Å². The first-order valence-corrected chi connectivity index (χ1v) is 17.5. The van der Waals surface area contributed by atoms with Crippen LogP contribution in [-0.4, -0.2) is 45.8 Å². The third kappa shape index (κ3) is 7.69. The summed E-state index contributed by atoms with van der Waals surface area (Å²) in [6.07, 6.45) is 7.36. The number of alkyl halides is 5. The first-order chi connectivity index (χ1) is 19.3. The van der Waals surface area contributed by atoms with Crippen molar-refractivity contribution in [1.29, 1.82) is 0 Å². The van der Waals surface area contributed by atoms with Gasteiger partial charge in [-0.1, -0.05) is 57.4 Å². The Labute approximate surface area is 245 Å². The van der Waals surface area contributed by atoms with Crippen molar-refractivity contribution in [2.45, 2.75) is 127 Å². The number of phenols is 1. The van der Waals surface area contributed by atoms with Crippen molar-refractivity contribution in [3.63, 3.8) is 0 Å². The van der Waals surface area contributed by atoms with Crippen LogP contribution >= 0.6 is 10.5 Å². The quantitative estimate of drug-likeness (QED) is 0.126. The first-order valence-electron chi connectivity index (χ1n) is 15.7. The smallest absolute Gasteiger partial charge is 0.453 e. The number of aliphatic hydroxyl groups is 1. The molecule has 2 saturated carbocycles. The van der Waals surface area contributed by atoms with Gasteiger partial charge in [-0.25, -0.2) is 0 Å². The summed E-state index contributed by atoms with van der Waals surface area (Å²) in [5.74, 6) is 3.17. The normalized spacial score (nSPS) is 30.5. The van der Waals surface area contributed by atoms with E-state index in [4.69, 9.17) is 0 Å². The zero-order valence-electron chi connectivity index (χ0n) is 24.5. The minimum atomic E-state index is -5.46. The van der Waals surface area contributed by atoms with Crippen LogP contribution in [0.1, 0.15) is 114 Å². The van der Waals surface area contributed by atoms with E-state index in [0.29, 0.717) is 35.2 Å². The molecule has 3 aliphatic rings. The van der Waals surface area contributed by atoms with Crippen molar-refractivity contribution in [2.75, 3.05) is 11.5 Å². The van der Waals surface area contributed by atoms with Crippen molar-refractivity contribution in [2.24, 2.45) is 23.2 Å². The highest BCUT2D eigenvalue weighted by atomic mass is 32.2. The lowest BCUT2D eigenvalue weighted by Crippen LogP contribution is -2.47. The predicted molar refractivity (Wildman–Crippen MR) is 159 cm³/mol. The molecule has 0 amide bonds. The maximum atomic E-state index is 13.0. The van der Waals surface area contributed by atoms with Crippen molar-refractivity contribution < 1.29 is 32.2 Å². The molecule has 0 heterocycles. The number of fused-ring (bicyclic) bond motifs is 5. The summed E-state index contributed by atoms with van der Waals surface area (Å²) in [7, 11) is -0.355. The third-order valence-corrected chi connectivity index (χ3v) is 12.4. The number of aromatic hydroxyl groups is 1. The molecule has 3 aliphatic carbocycles. The van der Waals surface area contributed by atoms with Crippen molar-refractivity contribution >= 4 is 16.4 Å². The molecule has 0 saturated heterocycles. The Morgan fingerprint density at radius 2 is 1.59 bits per heavy atom. The molecule has 1 aromatic carbocycles. The first kappa shape index (κ1) is 32.8. The van der Waals surface area contributed by atoms with Gasteiger partial charge < -0.3 is 10.2 Å². The second-order valence-electron chi connectivity index (χ2n) is 13.4. The Bertz CT molecular complexity index is 1030. The SMILES string of the molecule is C=S(CCCCCCCCC[C@@H]1Cc2cc(O)ccc2[C@H]2CC[C@]3(C)[C@@H](O)CC[C@H]3C12)CCCC(F)(F)C(F)(F)F. The third-order valence-electron chi connectivity index (χ3n) is 10.7. The van der Waals surface area contributed by atoms with E-state index in [0.717, 1.165) is 63.5 Å². The molecule has 0 aromatic heterocycles. The molecular weight excluding hydrogens is 555 g/mol. The standard InChI is InChI=1S/C33H49F5O2S/c1-31-18-16-27-26-13-12-25(39)22-24(26)21-23(30(27)28(31)14-15-29(31)40)11-8-6-4-3-5-7-9-19-41(2)20-10-17-32(34,35)33(36,37)38/h12-13,22-23,27-30,39-40H,2-11,14-21H2,1H3/t23-,27-,28+,29+,30?,31+,41?/m1/s1. The molecule has 2 N–H and O–H groups in total. The molecule has 2 fully saturated rings. The van der Waals surface area contributed by atoms with Crippen LogP contribution in [0.4, 0.5) is 22.0 Å².